The van der Waals surface area contributed by atoms with Crippen LogP contribution in [0.2, 0.25) is 0 Å². The van der Waals surface area contributed by atoms with Crippen molar-refractivity contribution in [1.82, 2.24) is 9.55 Å². The van der Waals surface area contributed by atoms with Crippen molar-refractivity contribution in [2.24, 2.45) is 5.92 Å². The Morgan fingerprint density at radius 3 is 2.83 bits per heavy atom. The maximum absolute atomic E-state index is 8.85. The molecule has 0 saturated heterocycles. The van der Waals surface area contributed by atoms with E-state index < -0.39 is 0 Å². The summed E-state index contributed by atoms with van der Waals surface area (Å²) in [5.41, 5.74) is 3.29. The highest BCUT2D eigenvalue weighted by Gasteiger charge is 2.28. The average Bonchev–Trinajstić information content (AvgIpc) is 2.87. The normalized spacial score (nSPS) is 22.2. The van der Waals surface area contributed by atoms with E-state index in [2.05, 4.69) is 34.7 Å². The number of imidazole rings is 1. The molecule has 3 nitrogen and oxygen atoms in total. The van der Waals surface area contributed by atoms with Gasteiger partial charge in [-0.3, -0.25) is 0 Å². The van der Waals surface area contributed by atoms with E-state index in [1.807, 2.05) is 24.7 Å². The number of nitrogens with zero attached hydrogens (tertiary/aromatic N) is 3. The Labute approximate surface area is 107 Å². The lowest BCUT2D eigenvalue weighted by atomic mass is 9.80. The summed E-state index contributed by atoms with van der Waals surface area (Å²) in [5.74, 6) is 1.01. The summed E-state index contributed by atoms with van der Waals surface area (Å²) >= 11 is 0. The van der Waals surface area contributed by atoms with Crippen LogP contribution in [0.25, 0.3) is 0 Å². The zero-order valence-corrected chi connectivity index (χ0v) is 10.4. The van der Waals surface area contributed by atoms with Crippen molar-refractivity contribution in [2.75, 3.05) is 0 Å². The molecule has 0 saturated carbocycles. The van der Waals surface area contributed by atoms with Gasteiger partial charge in [-0.05, 0) is 30.0 Å². The fourth-order valence-corrected chi connectivity index (χ4v) is 2.84. The minimum atomic E-state index is 0.397. The number of hydrogen-bond acceptors (Lipinski definition) is 2. The summed E-state index contributed by atoms with van der Waals surface area (Å²) in [7, 11) is 0. The summed E-state index contributed by atoms with van der Waals surface area (Å²) in [5, 5.41) is 8.85. The summed E-state index contributed by atoms with van der Waals surface area (Å²) in [6, 6.07) is 10.1. The monoisotopic (exact) mass is 237 g/mol. The number of nitriles is 1. The quantitative estimate of drug-likeness (QED) is 0.765. The van der Waals surface area contributed by atoms with Crippen molar-refractivity contribution in [3.05, 3.63) is 53.6 Å². The Morgan fingerprint density at radius 2 is 2.11 bits per heavy atom. The zero-order chi connectivity index (χ0) is 12.5. The molecule has 2 aromatic rings. The third-order valence-corrected chi connectivity index (χ3v) is 3.86. The second-order valence-electron chi connectivity index (χ2n) is 4.99. The topological polar surface area (TPSA) is 41.6 Å². The van der Waals surface area contributed by atoms with E-state index in [-0.39, 0.29) is 0 Å². The van der Waals surface area contributed by atoms with E-state index >= 15 is 0 Å². The number of aromatic nitrogens is 2. The summed E-state index contributed by atoms with van der Waals surface area (Å²) in [4.78, 5) is 4.26. The average molecular weight is 237 g/mol. The Morgan fingerprint density at radius 1 is 1.33 bits per heavy atom. The first-order chi connectivity index (χ1) is 8.79. The van der Waals surface area contributed by atoms with Crippen molar-refractivity contribution in [2.45, 2.75) is 25.8 Å². The summed E-state index contributed by atoms with van der Waals surface area (Å²) < 4.78 is 2.24. The van der Waals surface area contributed by atoms with Crippen molar-refractivity contribution in [3.63, 3.8) is 0 Å². The zero-order valence-electron chi connectivity index (χ0n) is 10.4. The van der Waals surface area contributed by atoms with Crippen LogP contribution in [0, 0.1) is 17.2 Å². The number of rotatable bonds is 1. The first-order valence-electron chi connectivity index (χ1n) is 6.29. The molecule has 90 valence electrons. The molecular weight excluding hydrogens is 222 g/mol. The predicted octanol–water partition coefficient (Wildman–Crippen LogP) is 2.93. The Kier molecular flexibility index (Phi) is 2.64. The molecule has 1 aliphatic heterocycles. The van der Waals surface area contributed by atoms with Crippen LogP contribution in [0.15, 0.2) is 36.8 Å². The van der Waals surface area contributed by atoms with E-state index in [4.69, 9.17) is 5.26 Å². The molecule has 0 unspecified atom stereocenters. The molecule has 0 bridgehead atoms. The molecule has 2 atom stereocenters. The van der Waals surface area contributed by atoms with Gasteiger partial charge in [0.25, 0.3) is 0 Å². The molecule has 3 heteroatoms. The van der Waals surface area contributed by atoms with Gasteiger partial charge >= 0.3 is 0 Å². The summed E-state index contributed by atoms with van der Waals surface area (Å²) in [6.07, 6.45) is 5.06. The number of fused-ring (bicyclic) bond motifs is 1. The molecule has 0 radical (unpaired) electrons. The van der Waals surface area contributed by atoms with Crippen molar-refractivity contribution in [3.8, 4) is 6.07 Å². The maximum Gasteiger partial charge on any atom is 0.0991 e. The van der Waals surface area contributed by atoms with Gasteiger partial charge in [-0.25, -0.2) is 4.98 Å². The van der Waals surface area contributed by atoms with Crippen LogP contribution in [-0.4, -0.2) is 9.55 Å². The largest absolute Gasteiger partial charge is 0.334 e. The number of hydrogen-bond donors (Lipinski definition) is 0. The molecule has 0 spiro atoms. The molecule has 18 heavy (non-hydrogen) atoms. The minimum Gasteiger partial charge on any atom is -0.334 e. The molecule has 1 aliphatic rings. The SMILES string of the molecule is C[C@@H]1CCn2cncc2[C@H]1c1ccc(C#N)cc1. The van der Waals surface area contributed by atoms with E-state index in [0.717, 1.165) is 12.1 Å². The number of benzene rings is 1. The van der Waals surface area contributed by atoms with Crippen LogP contribution in [0.4, 0.5) is 0 Å². The Hall–Kier alpha value is -2.08. The van der Waals surface area contributed by atoms with Crippen molar-refractivity contribution >= 4 is 0 Å². The molecule has 3 rings (SSSR count). The second-order valence-corrected chi connectivity index (χ2v) is 4.99. The molecule has 1 aromatic carbocycles. The van der Waals surface area contributed by atoms with Gasteiger partial charge in [0, 0.05) is 24.4 Å². The van der Waals surface area contributed by atoms with Crippen LogP contribution in [0.1, 0.15) is 36.1 Å². The highest BCUT2D eigenvalue weighted by Crippen LogP contribution is 2.37. The highest BCUT2D eigenvalue weighted by atomic mass is 15.1. The first kappa shape index (κ1) is 11.0. The summed E-state index contributed by atoms with van der Waals surface area (Å²) in [6.45, 7) is 3.35. The standard InChI is InChI=1S/C15H15N3/c1-11-6-7-18-10-17-9-14(18)15(11)13-4-2-12(8-16)3-5-13/h2-5,9-11,15H,6-7H2,1H3/t11-,15-/m1/s1. The predicted molar refractivity (Wildman–Crippen MR) is 69.0 cm³/mol. The third kappa shape index (κ3) is 1.70. The van der Waals surface area contributed by atoms with Crippen molar-refractivity contribution in [1.29, 1.82) is 5.26 Å². The van der Waals surface area contributed by atoms with Gasteiger partial charge < -0.3 is 4.57 Å². The van der Waals surface area contributed by atoms with Crippen LogP contribution >= 0.6 is 0 Å². The smallest absolute Gasteiger partial charge is 0.0991 e. The fraction of sp³-hybridized carbons (Fsp3) is 0.333. The van der Waals surface area contributed by atoms with E-state index in [1.54, 1.807) is 0 Å². The lowest BCUT2D eigenvalue weighted by Gasteiger charge is -2.30. The van der Waals surface area contributed by atoms with E-state index in [9.17, 15) is 0 Å². The van der Waals surface area contributed by atoms with Crippen molar-refractivity contribution < 1.29 is 0 Å². The minimum absolute atomic E-state index is 0.397. The molecule has 0 N–H and O–H groups in total. The van der Waals surface area contributed by atoms with Gasteiger partial charge in [0.2, 0.25) is 0 Å². The highest BCUT2D eigenvalue weighted by molar-refractivity contribution is 5.36. The van der Waals surface area contributed by atoms with Crippen LogP contribution in [0.5, 0.6) is 0 Å². The lowest BCUT2D eigenvalue weighted by Crippen LogP contribution is -2.22. The fourth-order valence-electron chi connectivity index (χ4n) is 2.84. The Bertz CT molecular complexity index is 589. The molecule has 2 heterocycles. The molecular formula is C15H15N3. The Balaban J connectivity index is 2.03. The van der Waals surface area contributed by atoms with Gasteiger partial charge in [0.05, 0.1) is 18.0 Å². The molecule has 0 aliphatic carbocycles. The lowest BCUT2D eigenvalue weighted by molar-refractivity contribution is 0.374. The van der Waals surface area contributed by atoms with Crippen LogP contribution < -0.4 is 0 Å². The molecule has 0 fully saturated rings. The van der Waals surface area contributed by atoms with Gasteiger partial charge in [-0.2, -0.15) is 5.26 Å². The second kappa shape index (κ2) is 4.30. The molecule has 0 amide bonds. The van der Waals surface area contributed by atoms with E-state index in [1.165, 1.54) is 17.7 Å². The van der Waals surface area contributed by atoms with Gasteiger partial charge in [0.15, 0.2) is 0 Å². The van der Waals surface area contributed by atoms with E-state index in [0.29, 0.717) is 11.8 Å². The maximum atomic E-state index is 8.85. The van der Waals surface area contributed by atoms with Gasteiger partial charge in [-0.1, -0.05) is 19.1 Å². The van der Waals surface area contributed by atoms with Gasteiger partial charge in [0.1, 0.15) is 0 Å². The number of aryl methyl sites for hydroxylation is 1. The third-order valence-electron chi connectivity index (χ3n) is 3.86. The first-order valence-corrected chi connectivity index (χ1v) is 6.29. The van der Waals surface area contributed by atoms with Crippen LogP contribution in [0.3, 0.4) is 0 Å². The van der Waals surface area contributed by atoms with Crippen LogP contribution in [-0.2, 0) is 6.54 Å². The molecule has 1 aromatic heterocycles. The van der Waals surface area contributed by atoms with Gasteiger partial charge in [-0.15, -0.1) is 0 Å².